The van der Waals surface area contributed by atoms with Crippen molar-refractivity contribution in [2.45, 2.75) is 20.8 Å². The average molecular weight is 262 g/mol. The van der Waals surface area contributed by atoms with E-state index in [0.29, 0.717) is 28.9 Å². The molecule has 19 heavy (non-hydrogen) atoms. The number of nitrogens with one attached hydrogen (secondary N) is 2. The quantitative estimate of drug-likeness (QED) is 0.791. The van der Waals surface area contributed by atoms with E-state index in [9.17, 15) is 4.79 Å². The molecule has 0 aliphatic heterocycles. The first-order valence-corrected chi connectivity index (χ1v) is 6.36. The Balaban J connectivity index is 2.23. The monoisotopic (exact) mass is 262 g/mol. The molecule has 0 aliphatic rings. The fourth-order valence-electron chi connectivity index (χ4n) is 1.93. The van der Waals surface area contributed by atoms with Crippen LogP contribution in [0.3, 0.4) is 0 Å². The number of rotatable bonds is 5. The first-order valence-electron chi connectivity index (χ1n) is 6.36. The predicted octanol–water partition coefficient (Wildman–Crippen LogP) is 1.18. The van der Waals surface area contributed by atoms with E-state index < -0.39 is 0 Å². The van der Waals surface area contributed by atoms with Gasteiger partial charge in [-0.1, -0.05) is 12.1 Å². The minimum atomic E-state index is -0.125. The zero-order valence-electron chi connectivity index (χ0n) is 11.4. The number of likely N-dealkylation sites (N-methyl/N-ethyl adjacent to an activating group) is 1. The lowest BCUT2D eigenvalue weighted by Gasteiger charge is -2.07. The highest BCUT2D eigenvalue weighted by Crippen LogP contribution is 2.21. The summed E-state index contributed by atoms with van der Waals surface area (Å²) in [6.07, 6.45) is 0. The molecule has 6 nitrogen and oxygen atoms in total. The summed E-state index contributed by atoms with van der Waals surface area (Å²) in [6.45, 7) is 7.88. The van der Waals surface area contributed by atoms with Crippen LogP contribution >= 0.6 is 0 Å². The first-order chi connectivity index (χ1) is 9.13. The summed E-state index contributed by atoms with van der Waals surface area (Å²) >= 11 is 0. The van der Waals surface area contributed by atoms with Crippen molar-refractivity contribution < 1.29 is 9.32 Å². The molecule has 0 fully saturated rings. The van der Waals surface area contributed by atoms with Gasteiger partial charge in [0, 0.05) is 18.8 Å². The van der Waals surface area contributed by atoms with Crippen molar-refractivity contribution in [1.29, 1.82) is 0 Å². The number of nitrogens with zero attached hydrogens (tertiary/aromatic N) is 2. The zero-order valence-corrected chi connectivity index (χ0v) is 11.4. The molecule has 0 atom stereocenters. The Labute approximate surface area is 111 Å². The Morgan fingerprint density at radius 3 is 2.89 bits per heavy atom. The molecule has 102 valence electrons. The third-order valence-corrected chi connectivity index (χ3v) is 2.83. The van der Waals surface area contributed by atoms with Crippen LogP contribution < -0.4 is 10.6 Å². The molecule has 2 N–H and O–H groups in total. The van der Waals surface area contributed by atoms with Crippen molar-refractivity contribution in [2.24, 2.45) is 0 Å². The number of hydrogen-bond acceptors (Lipinski definition) is 5. The molecular formula is C13H18N4O2. The molecular weight excluding hydrogens is 244 g/mol. The van der Waals surface area contributed by atoms with Crippen molar-refractivity contribution in [3.05, 3.63) is 23.0 Å². The van der Waals surface area contributed by atoms with E-state index in [1.54, 1.807) is 13.0 Å². The molecule has 0 saturated carbocycles. The van der Waals surface area contributed by atoms with Gasteiger partial charge in [0.25, 0.3) is 11.6 Å². The molecule has 2 rings (SSSR count). The lowest BCUT2D eigenvalue weighted by molar-refractivity contribution is 0.0955. The highest BCUT2D eigenvalue weighted by atomic mass is 16.5. The molecule has 0 aliphatic carbocycles. The maximum absolute atomic E-state index is 12.2. The Kier molecular flexibility index (Phi) is 4.11. The fourth-order valence-corrected chi connectivity index (χ4v) is 1.93. The van der Waals surface area contributed by atoms with Gasteiger partial charge in [0.15, 0.2) is 0 Å². The second kappa shape index (κ2) is 5.79. The molecule has 2 aromatic rings. The molecule has 0 saturated heterocycles. The normalized spacial score (nSPS) is 10.9. The van der Waals surface area contributed by atoms with Gasteiger partial charge < -0.3 is 15.2 Å². The van der Waals surface area contributed by atoms with Crippen molar-refractivity contribution in [1.82, 2.24) is 20.8 Å². The maximum Gasteiger partial charge on any atom is 0.258 e. The summed E-state index contributed by atoms with van der Waals surface area (Å²) in [4.78, 5) is 16.4. The summed E-state index contributed by atoms with van der Waals surface area (Å²) < 4.78 is 5.11. The van der Waals surface area contributed by atoms with Gasteiger partial charge in [0.2, 0.25) is 0 Å². The number of carbonyl (C=O) groups excluding carboxylic acids is 1. The second-order valence-electron chi connectivity index (χ2n) is 4.37. The molecule has 6 heteroatoms. The molecule has 2 heterocycles. The number of carbonyl (C=O) groups is 1. The maximum atomic E-state index is 12.2. The van der Waals surface area contributed by atoms with Crippen molar-refractivity contribution in [3.8, 4) is 0 Å². The molecule has 0 unspecified atom stereocenters. The van der Waals surface area contributed by atoms with E-state index in [2.05, 4.69) is 20.8 Å². The molecule has 0 spiro atoms. The molecule has 0 bridgehead atoms. The van der Waals surface area contributed by atoms with Gasteiger partial charge in [-0.2, -0.15) is 0 Å². The fraction of sp³-hybridized carbons (Fsp3) is 0.462. The smallest absolute Gasteiger partial charge is 0.258 e. The number of fused-ring (bicyclic) bond motifs is 1. The van der Waals surface area contributed by atoms with Crippen LogP contribution in [0.25, 0.3) is 11.1 Å². The molecule has 0 radical (unpaired) electrons. The summed E-state index contributed by atoms with van der Waals surface area (Å²) in [5, 5.41) is 10.6. The minimum Gasteiger partial charge on any atom is -0.351 e. The van der Waals surface area contributed by atoms with Gasteiger partial charge in [-0.05, 0) is 26.5 Å². The Morgan fingerprint density at radius 2 is 2.16 bits per heavy atom. The van der Waals surface area contributed by atoms with E-state index in [4.69, 9.17) is 4.52 Å². The summed E-state index contributed by atoms with van der Waals surface area (Å²) in [6, 6.07) is 1.76. The Hall–Kier alpha value is -1.95. The van der Waals surface area contributed by atoms with Crippen LogP contribution in [-0.4, -0.2) is 35.7 Å². The first kappa shape index (κ1) is 13.5. The van der Waals surface area contributed by atoms with E-state index in [-0.39, 0.29) is 5.91 Å². The van der Waals surface area contributed by atoms with E-state index >= 15 is 0 Å². The number of amides is 1. The van der Waals surface area contributed by atoms with Gasteiger partial charge in [-0.25, -0.2) is 4.98 Å². The molecule has 0 aromatic carbocycles. The van der Waals surface area contributed by atoms with E-state index in [1.807, 2.05) is 13.8 Å². The van der Waals surface area contributed by atoms with E-state index in [1.165, 1.54) is 0 Å². The lowest BCUT2D eigenvalue weighted by atomic mass is 10.1. The van der Waals surface area contributed by atoms with Crippen LogP contribution in [0.1, 0.15) is 28.7 Å². The second-order valence-corrected chi connectivity index (χ2v) is 4.37. The van der Waals surface area contributed by atoms with Gasteiger partial charge in [0.1, 0.15) is 0 Å². The topological polar surface area (TPSA) is 80.0 Å². The van der Waals surface area contributed by atoms with Gasteiger partial charge in [-0.15, -0.1) is 0 Å². The minimum absolute atomic E-state index is 0.125. The predicted molar refractivity (Wildman–Crippen MR) is 72.2 cm³/mol. The van der Waals surface area contributed by atoms with Crippen LogP contribution in [0.5, 0.6) is 0 Å². The summed E-state index contributed by atoms with van der Waals surface area (Å²) in [7, 11) is 0. The number of hydrogen-bond donors (Lipinski definition) is 2. The lowest BCUT2D eigenvalue weighted by Crippen LogP contribution is -2.31. The number of pyridine rings is 1. The third kappa shape index (κ3) is 2.90. The van der Waals surface area contributed by atoms with Crippen LogP contribution in [-0.2, 0) is 0 Å². The Bertz CT molecular complexity index is 592. The number of aromatic nitrogens is 2. The van der Waals surface area contributed by atoms with Gasteiger partial charge in [-0.3, -0.25) is 4.79 Å². The van der Waals surface area contributed by atoms with E-state index in [0.717, 1.165) is 18.8 Å². The number of aryl methyl sites for hydroxylation is 2. The van der Waals surface area contributed by atoms with Crippen molar-refractivity contribution in [2.75, 3.05) is 19.6 Å². The van der Waals surface area contributed by atoms with Gasteiger partial charge >= 0.3 is 0 Å². The summed E-state index contributed by atoms with van der Waals surface area (Å²) in [5.74, 6) is -0.125. The van der Waals surface area contributed by atoms with Crippen LogP contribution in [0, 0.1) is 13.8 Å². The van der Waals surface area contributed by atoms with Crippen LogP contribution in [0.2, 0.25) is 0 Å². The summed E-state index contributed by atoms with van der Waals surface area (Å²) in [5.41, 5.74) is 2.40. The van der Waals surface area contributed by atoms with Gasteiger partial charge in [0.05, 0.1) is 16.6 Å². The zero-order chi connectivity index (χ0) is 13.8. The SMILES string of the molecule is CCNCCNC(=O)c1cc(C)nc2onc(C)c12. The van der Waals surface area contributed by atoms with Crippen molar-refractivity contribution in [3.63, 3.8) is 0 Å². The standard InChI is InChI=1S/C13H18N4O2/c1-4-14-5-6-15-12(18)10-7-8(2)16-13-11(10)9(3)17-19-13/h7,14H,4-6H2,1-3H3,(H,15,18). The van der Waals surface area contributed by atoms with Crippen molar-refractivity contribution >= 4 is 17.0 Å². The largest absolute Gasteiger partial charge is 0.351 e. The molecule has 2 aromatic heterocycles. The van der Waals surface area contributed by atoms with Crippen LogP contribution in [0.15, 0.2) is 10.6 Å². The third-order valence-electron chi connectivity index (χ3n) is 2.83. The average Bonchev–Trinajstić information content (AvgIpc) is 2.75. The molecule has 1 amide bonds. The van der Waals surface area contributed by atoms with Crippen LogP contribution in [0.4, 0.5) is 0 Å². The highest BCUT2D eigenvalue weighted by molar-refractivity contribution is 6.06. The Morgan fingerprint density at radius 1 is 1.37 bits per heavy atom. The highest BCUT2D eigenvalue weighted by Gasteiger charge is 2.17.